The van der Waals surface area contributed by atoms with Crippen LogP contribution in [0.25, 0.3) is 0 Å². The molecule has 3 rings (SSSR count). The molecule has 0 saturated heterocycles. The number of anilines is 1. The quantitative estimate of drug-likeness (QED) is 0.894. The average molecular weight is 310 g/mol. The van der Waals surface area contributed by atoms with E-state index in [0.717, 1.165) is 11.3 Å². The number of amides is 2. The average Bonchev–Trinajstić information content (AvgIpc) is 2.53. The highest BCUT2D eigenvalue weighted by molar-refractivity contribution is 6.02. The number of nitrogens with two attached hydrogens (primary N) is 1. The van der Waals surface area contributed by atoms with Crippen molar-refractivity contribution in [3.05, 3.63) is 65.2 Å². The Kier molecular flexibility index (Phi) is 3.99. The van der Waals surface area contributed by atoms with E-state index in [4.69, 9.17) is 5.73 Å². The third kappa shape index (κ3) is 3.17. The Morgan fingerprint density at radius 2 is 1.78 bits per heavy atom. The first-order valence-electron chi connectivity index (χ1n) is 7.33. The Bertz CT molecular complexity index is 743. The van der Waals surface area contributed by atoms with Crippen molar-refractivity contribution in [3.63, 3.8) is 0 Å². The molecule has 0 spiro atoms. The Morgan fingerprint density at radius 3 is 2.48 bits per heavy atom. The highest BCUT2D eigenvalue weighted by Gasteiger charge is 2.29. The molecule has 0 bridgehead atoms. The summed E-state index contributed by atoms with van der Waals surface area (Å²) >= 11 is 0. The van der Waals surface area contributed by atoms with Gasteiger partial charge in [0.1, 0.15) is 6.54 Å². The second kappa shape index (κ2) is 6.10. The number of benzene rings is 2. The van der Waals surface area contributed by atoms with Crippen molar-refractivity contribution in [2.45, 2.75) is 13.5 Å². The van der Waals surface area contributed by atoms with E-state index in [1.54, 1.807) is 12.1 Å². The molecular formula is C17H18N4O2. The van der Waals surface area contributed by atoms with Gasteiger partial charge in [0.2, 0.25) is 5.91 Å². The molecule has 2 aromatic carbocycles. The van der Waals surface area contributed by atoms with Gasteiger partial charge in [0.25, 0.3) is 5.91 Å². The summed E-state index contributed by atoms with van der Waals surface area (Å²) < 4.78 is 0. The molecule has 0 unspecified atom stereocenters. The summed E-state index contributed by atoms with van der Waals surface area (Å²) in [6.45, 7) is 2.41. The smallest absolute Gasteiger partial charge is 0.272 e. The van der Waals surface area contributed by atoms with E-state index < -0.39 is 5.91 Å². The SMILES string of the molecule is Cc1ccc(CN2NN(CC(N)=O)C(=O)c3ccccc32)cc1. The van der Waals surface area contributed by atoms with Crippen molar-refractivity contribution < 1.29 is 9.59 Å². The van der Waals surface area contributed by atoms with E-state index in [1.165, 1.54) is 10.6 Å². The Labute approximate surface area is 134 Å². The van der Waals surface area contributed by atoms with Gasteiger partial charge in [-0.1, -0.05) is 42.0 Å². The normalized spacial score (nSPS) is 13.9. The van der Waals surface area contributed by atoms with Crippen LogP contribution in [0.4, 0.5) is 5.69 Å². The lowest BCUT2D eigenvalue weighted by molar-refractivity contribution is -0.119. The molecule has 0 radical (unpaired) electrons. The Morgan fingerprint density at radius 1 is 1.09 bits per heavy atom. The van der Waals surface area contributed by atoms with Gasteiger partial charge < -0.3 is 5.73 Å². The van der Waals surface area contributed by atoms with Crippen LogP contribution >= 0.6 is 0 Å². The van der Waals surface area contributed by atoms with E-state index in [0.29, 0.717) is 12.1 Å². The third-order valence-corrected chi connectivity index (χ3v) is 3.69. The number of nitrogens with zero attached hydrogens (tertiary/aromatic N) is 2. The van der Waals surface area contributed by atoms with Gasteiger partial charge in [-0.2, -0.15) is 0 Å². The number of fused-ring (bicyclic) bond motifs is 1. The molecule has 0 aromatic heterocycles. The zero-order valence-electron chi connectivity index (χ0n) is 12.8. The monoisotopic (exact) mass is 310 g/mol. The number of primary amides is 1. The number of hydrazine groups is 2. The first kappa shape index (κ1) is 15.1. The first-order chi connectivity index (χ1) is 11.0. The number of rotatable bonds is 4. The standard InChI is InChI=1S/C17H18N4O2/c1-12-6-8-13(9-7-12)10-20-15-5-3-2-4-14(15)17(23)21(19-20)11-16(18)22/h2-9,19H,10-11H2,1H3,(H2,18,22). The van der Waals surface area contributed by atoms with Crippen LogP contribution in [-0.4, -0.2) is 23.4 Å². The lowest BCUT2D eigenvalue weighted by Gasteiger charge is -2.38. The van der Waals surface area contributed by atoms with E-state index in [9.17, 15) is 9.59 Å². The van der Waals surface area contributed by atoms with Gasteiger partial charge >= 0.3 is 0 Å². The molecule has 0 fully saturated rings. The van der Waals surface area contributed by atoms with Crippen LogP contribution in [0.15, 0.2) is 48.5 Å². The van der Waals surface area contributed by atoms with E-state index in [1.807, 2.05) is 48.3 Å². The lowest BCUT2D eigenvalue weighted by atomic mass is 10.1. The molecule has 2 amide bonds. The van der Waals surface area contributed by atoms with Crippen LogP contribution in [0.5, 0.6) is 0 Å². The minimum absolute atomic E-state index is 0.183. The number of carbonyl (C=O) groups excluding carboxylic acids is 2. The summed E-state index contributed by atoms with van der Waals surface area (Å²) in [6, 6.07) is 15.4. The van der Waals surface area contributed by atoms with Crippen LogP contribution in [0.1, 0.15) is 21.5 Å². The van der Waals surface area contributed by atoms with Crippen LogP contribution in [-0.2, 0) is 11.3 Å². The lowest BCUT2D eigenvalue weighted by Crippen LogP contribution is -2.58. The molecule has 1 aliphatic heterocycles. The van der Waals surface area contributed by atoms with Crippen LogP contribution in [0, 0.1) is 6.92 Å². The topological polar surface area (TPSA) is 78.7 Å². The largest absolute Gasteiger partial charge is 0.368 e. The predicted molar refractivity (Wildman–Crippen MR) is 87.2 cm³/mol. The molecule has 0 atom stereocenters. The van der Waals surface area contributed by atoms with E-state index >= 15 is 0 Å². The molecule has 23 heavy (non-hydrogen) atoms. The van der Waals surface area contributed by atoms with Crippen molar-refractivity contribution in [3.8, 4) is 0 Å². The maximum atomic E-state index is 12.4. The zero-order chi connectivity index (χ0) is 16.4. The fraction of sp³-hybridized carbons (Fsp3) is 0.176. The fourth-order valence-corrected chi connectivity index (χ4v) is 2.54. The maximum absolute atomic E-state index is 12.4. The van der Waals surface area contributed by atoms with Crippen molar-refractivity contribution in [2.75, 3.05) is 11.6 Å². The Hall–Kier alpha value is -2.86. The molecule has 1 aliphatic rings. The number of para-hydroxylation sites is 1. The van der Waals surface area contributed by atoms with Crippen LogP contribution < -0.4 is 16.3 Å². The predicted octanol–water partition coefficient (Wildman–Crippen LogP) is 1.36. The van der Waals surface area contributed by atoms with Gasteiger partial charge in [0.05, 0.1) is 17.8 Å². The molecular weight excluding hydrogens is 292 g/mol. The van der Waals surface area contributed by atoms with Gasteiger partial charge in [-0.3, -0.25) is 14.6 Å². The summed E-state index contributed by atoms with van der Waals surface area (Å²) in [4.78, 5) is 23.6. The summed E-state index contributed by atoms with van der Waals surface area (Å²) in [5.41, 5.74) is 11.8. The second-order valence-corrected chi connectivity index (χ2v) is 5.55. The van der Waals surface area contributed by atoms with Gasteiger partial charge in [0.15, 0.2) is 0 Å². The Balaban J connectivity index is 1.91. The van der Waals surface area contributed by atoms with E-state index in [-0.39, 0.29) is 12.5 Å². The van der Waals surface area contributed by atoms with Crippen LogP contribution in [0.2, 0.25) is 0 Å². The number of aryl methyl sites for hydroxylation is 1. The number of hydrogen-bond donors (Lipinski definition) is 2. The maximum Gasteiger partial charge on any atom is 0.272 e. The fourth-order valence-electron chi connectivity index (χ4n) is 2.54. The molecule has 6 heteroatoms. The zero-order valence-corrected chi connectivity index (χ0v) is 12.8. The molecule has 1 heterocycles. The molecule has 0 saturated carbocycles. The molecule has 0 aliphatic carbocycles. The molecule has 6 nitrogen and oxygen atoms in total. The van der Waals surface area contributed by atoms with E-state index in [2.05, 4.69) is 5.53 Å². The molecule has 2 aromatic rings. The molecule has 118 valence electrons. The summed E-state index contributed by atoms with van der Waals surface area (Å²) in [7, 11) is 0. The van der Waals surface area contributed by atoms with Crippen molar-refractivity contribution in [1.82, 2.24) is 10.5 Å². The minimum Gasteiger partial charge on any atom is -0.368 e. The summed E-state index contributed by atoms with van der Waals surface area (Å²) in [5.74, 6) is -0.833. The highest BCUT2D eigenvalue weighted by Crippen LogP contribution is 2.26. The highest BCUT2D eigenvalue weighted by atomic mass is 16.2. The first-order valence-corrected chi connectivity index (χ1v) is 7.33. The van der Waals surface area contributed by atoms with Crippen molar-refractivity contribution in [1.29, 1.82) is 0 Å². The van der Waals surface area contributed by atoms with Gasteiger partial charge in [-0.05, 0) is 24.6 Å². The number of hydrogen-bond acceptors (Lipinski definition) is 4. The van der Waals surface area contributed by atoms with Gasteiger partial charge in [-0.25, -0.2) is 5.01 Å². The van der Waals surface area contributed by atoms with Crippen LogP contribution in [0.3, 0.4) is 0 Å². The van der Waals surface area contributed by atoms with Gasteiger partial charge in [0, 0.05) is 0 Å². The second-order valence-electron chi connectivity index (χ2n) is 5.55. The number of nitrogens with one attached hydrogen (secondary N) is 1. The van der Waals surface area contributed by atoms with Crippen molar-refractivity contribution >= 4 is 17.5 Å². The minimum atomic E-state index is -0.569. The third-order valence-electron chi connectivity index (χ3n) is 3.69. The number of carbonyl (C=O) groups is 2. The van der Waals surface area contributed by atoms with Crippen molar-refractivity contribution in [2.24, 2.45) is 5.73 Å². The molecule has 3 N–H and O–H groups in total. The summed E-state index contributed by atoms with van der Waals surface area (Å²) in [5, 5.41) is 3.07. The summed E-state index contributed by atoms with van der Waals surface area (Å²) in [6.07, 6.45) is 0. The van der Waals surface area contributed by atoms with Gasteiger partial charge in [-0.15, -0.1) is 5.53 Å².